The molecule has 24 heavy (non-hydrogen) atoms. The molecule has 0 aliphatic carbocycles. The molecule has 0 radical (unpaired) electrons. The van der Waals surface area contributed by atoms with E-state index in [1.807, 2.05) is 13.8 Å². The summed E-state index contributed by atoms with van der Waals surface area (Å²) in [4.78, 5) is 28.6. The van der Waals surface area contributed by atoms with E-state index in [4.69, 9.17) is 0 Å². The molecule has 2 aromatic rings. The Morgan fingerprint density at radius 3 is 2.96 bits per heavy atom. The van der Waals surface area contributed by atoms with Crippen LogP contribution in [0, 0.1) is 24.0 Å². The van der Waals surface area contributed by atoms with Crippen LogP contribution in [0.1, 0.15) is 35.8 Å². The molecule has 0 aromatic carbocycles. The number of rotatable bonds is 3. The van der Waals surface area contributed by atoms with Gasteiger partial charge in [0.25, 0.3) is 0 Å². The first kappa shape index (κ1) is 15.9. The van der Waals surface area contributed by atoms with Crippen molar-refractivity contribution >= 4 is 17.4 Å². The third-order valence-corrected chi connectivity index (χ3v) is 4.27. The summed E-state index contributed by atoms with van der Waals surface area (Å²) >= 11 is 0. The van der Waals surface area contributed by atoms with Crippen LogP contribution in [0.4, 0.5) is 16.2 Å². The highest BCUT2D eigenvalue weighted by molar-refractivity contribution is 5.92. The van der Waals surface area contributed by atoms with Crippen molar-refractivity contribution in [1.82, 2.24) is 20.1 Å². The molecule has 2 aromatic heterocycles. The Balaban J connectivity index is 1.84. The highest BCUT2D eigenvalue weighted by Gasteiger charge is 2.33. The molecule has 1 saturated heterocycles. The molecular weight excluding hydrogens is 312 g/mol. The van der Waals surface area contributed by atoms with Gasteiger partial charge in [-0.2, -0.15) is 5.10 Å². The maximum Gasteiger partial charge on any atom is 0.322 e. The molecule has 0 saturated carbocycles. The third-order valence-electron chi connectivity index (χ3n) is 4.27. The molecule has 9 nitrogen and oxygen atoms in total. The zero-order valence-electron chi connectivity index (χ0n) is 13.4. The highest BCUT2D eigenvalue weighted by atomic mass is 16.6. The Kier molecular flexibility index (Phi) is 4.15. The van der Waals surface area contributed by atoms with Gasteiger partial charge in [-0.3, -0.25) is 20.2 Å². The fraction of sp³-hybridized carbons (Fsp3) is 0.400. The topological polar surface area (TPSA) is 117 Å². The summed E-state index contributed by atoms with van der Waals surface area (Å²) in [6, 6.07) is 0.992. The predicted octanol–water partition coefficient (Wildman–Crippen LogP) is 2.70. The summed E-state index contributed by atoms with van der Waals surface area (Å²) in [5.74, 6) is 0. The molecule has 1 aliphatic heterocycles. The van der Waals surface area contributed by atoms with Gasteiger partial charge in [-0.05, 0) is 32.8 Å². The minimum atomic E-state index is -0.561. The molecule has 126 valence electrons. The maximum absolute atomic E-state index is 12.7. The van der Waals surface area contributed by atoms with Crippen molar-refractivity contribution in [3.63, 3.8) is 0 Å². The number of amides is 2. The number of hydrogen-bond donors (Lipinski definition) is 2. The van der Waals surface area contributed by atoms with E-state index in [2.05, 4.69) is 20.5 Å². The van der Waals surface area contributed by atoms with Crippen LogP contribution in [-0.4, -0.2) is 37.6 Å². The van der Waals surface area contributed by atoms with E-state index in [1.165, 1.54) is 12.3 Å². The number of aromatic amines is 1. The average Bonchev–Trinajstić information content (AvgIpc) is 3.14. The Bertz CT molecular complexity index is 768. The molecule has 3 rings (SSSR count). The molecule has 2 N–H and O–H groups in total. The summed E-state index contributed by atoms with van der Waals surface area (Å²) in [7, 11) is 0. The average molecular weight is 330 g/mol. The quantitative estimate of drug-likeness (QED) is 0.663. The zero-order chi connectivity index (χ0) is 17.3. The summed E-state index contributed by atoms with van der Waals surface area (Å²) in [6.07, 6.45) is 4.25. The highest BCUT2D eigenvalue weighted by Crippen LogP contribution is 2.35. The molecule has 1 aliphatic rings. The molecule has 1 atom stereocenters. The number of aryl methyl sites for hydroxylation is 2. The number of nitrogens with zero attached hydrogens (tertiary/aromatic N) is 4. The lowest BCUT2D eigenvalue weighted by Gasteiger charge is -2.25. The monoisotopic (exact) mass is 330 g/mol. The van der Waals surface area contributed by atoms with E-state index in [-0.39, 0.29) is 23.4 Å². The molecule has 0 spiro atoms. The molecule has 3 heterocycles. The van der Waals surface area contributed by atoms with Gasteiger partial charge in [0.2, 0.25) is 0 Å². The first-order valence-electron chi connectivity index (χ1n) is 7.66. The fourth-order valence-corrected chi connectivity index (χ4v) is 3.18. The van der Waals surface area contributed by atoms with Crippen LogP contribution < -0.4 is 5.32 Å². The second kappa shape index (κ2) is 6.26. The maximum atomic E-state index is 12.7. The van der Waals surface area contributed by atoms with Gasteiger partial charge in [0.05, 0.1) is 16.7 Å². The van der Waals surface area contributed by atoms with Crippen molar-refractivity contribution in [1.29, 1.82) is 0 Å². The van der Waals surface area contributed by atoms with E-state index >= 15 is 0 Å². The van der Waals surface area contributed by atoms with E-state index in [0.717, 1.165) is 36.0 Å². The van der Waals surface area contributed by atoms with Crippen molar-refractivity contribution in [3.8, 4) is 0 Å². The van der Waals surface area contributed by atoms with E-state index in [9.17, 15) is 14.9 Å². The van der Waals surface area contributed by atoms with Crippen molar-refractivity contribution < 1.29 is 9.72 Å². The van der Waals surface area contributed by atoms with Crippen molar-refractivity contribution in [2.24, 2.45) is 0 Å². The van der Waals surface area contributed by atoms with Crippen LogP contribution in [0.25, 0.3) is 0 Å². The second-order valence-electron chi connectivity index (χ2n) is 5.78. The number of nitro groups is 1. The van der Waals surface area contributed by atoms with Crippen molar-refractivity contribution in [2.45, 2.75) is 32.7 Å². The van der Waals surface area contributed by atoms with E-state index < -0.39 is 4.92 Å². The Labute approximate surface area is 138 Å². The van der Waals surface area contributed by atoms with Gasteiger partial charge in [0, 0.05) is 24.0 Å². The standard InChI is InChI=1S/C15H18N6O3/c1-9-14(10(2)19-18-9)12-4-3-7-20(12)15(22)17-11-5-6-16-8-13(11)21(23)24/h5-6,8,12H,3-4,7H2,1-2H3,(H,18,19)(H,16,17,22)/t12-/m0/s1. The fourth-order valence-electron chi connectivity index (χ4n) is 3.18. The summed E-state index contributed by atoms with van der Waals surface area (Å²) < 4.78 is 0. The number of nitrogens with one attached hydrogen (secondary N) is 2. The zero-order valence-corrected chi connectivity index (χ0v) is 13.4. The number of urea groups is 1. The third kappa shape index (κ3) is 2.80. The lowest BCUT2D eigenvalue weighted by Crippen LogP contribution is -2.35. The van der Waals surface area contributed by atoms with Crippen LogP contribution in [0.15, 0.2) is 18.5 Å². The van der Waals surface area contributed by atoms with E-state index in [0.29, 0.717) is 6.54 Å². The van der Waals surface area contributed by atoms with Gasteiger partial charge >= 0.3 is 11.7 Å². The second-order valence-corrected chi connectivity index (χ2v) is 5.78. The van der Waals surface area contributed by atoms with Crippen LogP contribution in [0.3, 0.4) is 0 Å². The smallest absolute Gasteiger partial charge is 0.317 e. The molecule has 1 fully saturated rings. The molecule has 9 heteroatoms. The molecule has 0 unspecified atom stereocenters. The van der Waals surface area contributed by atoms with Gasteiger partial charge < -0.3 is 10.2 Å². The van der Waals surface area contributed by atoms with Gasteiger partial charge in [-0.1, -0.05) is 0 Å². The number of carbonyl (C=O) groups is 1. The van der Waals surface area contributed by atoms with Gasteiger partial charge in [0.1, 0.15) is 11.9 Å². The van der Waals surface area contributed by atoms with Gasteiger partial charge in [-0.25, -0.2) is 4.79 Å². The first-order chi connectivity index (χ1) is 11.5. The molecular formula is C15H18N6O3. The largest absolute Gasteiger partial charge is 0.322 e. The predicted molar refractivity (Wildman–Crippen MR) is 86.7 cm³/mol. The Hall–Kier alpha value is -2.97. The minimum Gasteiger partial charge on any atom is -0.317 e. The number of anilines is 1. The van der Waals surface area contributed by atoms with Crippen LogP contribution in [-0.2, 0) is 0 Å². The lowest BCUT2D eigenvalue weighted by atomic mass is 10.0. The summed E-state index contributed by atoms with van der Waals surface area (Å²) in [6.45, 7) is 4.43. The summed E-state index contributed by atoms with van der Waals surface area (Å²) in [5.41, 5.74) is 2.75. The SMILES string of the molecule is Cc1n[nH]c(C)c1[C@@H]1CCCN1C(=O)Nc1ccncc1[N+](=O)[O-]. The van der Waals surface area contributed by atoms with Gasteiger partial charge in [-0.15, -0.1) is 0 Å². The number of carbonyl (C=O) groups excluding carboxylic acids is 1. The number of likely N-dealkylation sites (tertiary alicyclic amines) is 1. The minimum absolute atomic E-state index is 0.0790. The first-order valence-corrected chi connectivity index (χ1v) is 7.66. The molecule has 0 bridgehead atoms. The number of hydrogen-bond acceptors (Lipinski definition) is 5. The number of H-pyrrole nitrogens is 1. The van der Waals surface area contributed by atoms with Crippen LogP contribution >= 0.6 is 0 Å². The van der Waals surface area contributed by atoms with E-state index in [1.54, 1.807) is 4.90 Å². The van der Waals surface area contributed by atoms with Crippen LogP contribution in [0.5, 0.6) is 0 Å². The van der Waals surface area contributed by atoms with Crippen molar-refractivity contribution in [2.75, 3.05) is 11.9 Å². The number of pyridine rings is 1. The Morgan fingerprint density at radius 2 is 2.29 bits per heavy atom. The lowest BCUT2D eigenvalue weighted by molar-refractivity contribution is -0.384. The van der Waals surface area contributed by atoms with Crippen molar-refractivity contribution in [3.05, 3.63) is 45.5 Å². The summed E-state index contributed by atoms with van der Waals surface area (Å²) in [5, 5.41) is 20.8. The Morgan fingerprint density at radius 1 is 1.50 bits per heavy atom. The normalized spacial score (nSPS) is 17.1. The van der Waals surface area contributed by atoms with Gasteiger partial charge in [0.15, 0.2) is 0 Å². The van der Waals surface area contributed by atoms with Crippen LogP contribution in [0.2, 0.25) is 0 Å². The number of aromatic nitrogens is 3. The molecule has 2 amide bonds.